The monoisotopic (exact) mass is 311 g/mol. The normalized spacial score (nSPS) is 12.1. The molecule has 3 rings (SSSR count). The third kappa shape index (κ3) is 2.73. The van der Waals surface area contributed by atoms with Crippen LogP contribution in [-0.2, 0) is 4.79 Å². The van der Waals surface area contributed by atoms with Crippen LogP contribution in [0.4, 0.5) is 5.69 Å². The summed E-state index contributed by atoms with van der Waals surface area (Å²) in [5.41, 5.74) is 2.32. The lowest BCUT2D eigenvalue weighted by Crippen LogP contribution is -2.24. The van der Waals surface area contributed by atoms with Crippen LogP contribution in [-0.4, -0.2) is 32.8 Å². The zero-order chi connectivity index (χ0) is 16.4. The highest BCUT2D eigenvalue weighted by atomic mass is 16.5. The van der Waals surface area contributed by atoms with E-state index in [4.69, 9.17) is 4.74 Å². The SMILES string of the molecule is COc1cccc2c(NC(=O)[C@H](C)n3cncn3)c(C)cnc12. The molecule has 2 aromatic heterocycles. The minimum Gasteiger partial charge on any atom is -0.494 e. The molecule has 0 bridgehead atoms. The molecule has 1 N–H and O–H groups in total. The molecule has 23 heavy (non-hydrogen) atoms. The van der Waals surface area contributed by atoms with Crippen molar-refractivity contribution in [2.45, 2.75) is 19.9 Å². The molecule has 0 unspecified atom stereocenters. The predicted molar refractivity (Wildman–Crippen MR) is 86.4 cm³/mol. The fraction of sp³-hybridized carbons (Fsp3) is 0.250. The number of hydrogen-bond acceptors (Lipinski definition) is 5. The van der Waals surface area contributed by atoms with E-state index < -0.39 is 6.04 Å². The lowest BCUT2D eigenvalue weighted by atomic mass is 10.1. The second-order valence-corrected chi connectivity index (χ2v) is 5.21. The molecule has 0 saturated carbocycles. The van der Waals surface area contributed by atoms with E-state index in [1.54, 1.807) is 20.2 Å². The van der Waals surface area contributed by atoms with Gasteiger partial charge in [0, 0.05) is 11.6 Å². The summed E-state index contributed by atoms with van der Waals surface area (Å²) in [6.07, 6.45) is 4.65. The molecular formula is C16H17N5O2. The van der Waals surface area contributed by atoms with Gasteiger partial charge in [-0.2, -0.15) is 5.10 Å². The third-order valence-corrected chi connectivity index (χ3v) is 3.73. The maximum Gasteiger partial charge on any atom is 0.249 e. The number of ether oxygens (including phenoxy) is 1. The number of hydrogen-bond donors (Lipinski definition) is 1. The number of aryl methyl sites for hydroxylation is 1. The van der Waals surface area contributed by atoms with Gasteiger partial charge >= 0.3 is 0 Å². The van der Waals surface area contributed by atoms with Crippen molar-refractivity contribution in [3.05, 3.63) is 42.6 Å². The predicted octanol–water partition coefficient (Wildman–Crippen LogP) is 2.34. The molecule has 118 valence electrons. The average molecular weight is 311 g/mol. The van der Waals surface area contributed by atoms with Crippen LogP contribution in [0.1, 0.15) is 18.5 Å². The van der Waals surface area contributed by atoms with E-state index in [2.05, 4.69) is 20.4 Å². The quantitative estimate of drug-likeness (QED) is 0.799. The first-order chi connectivity index (χ1) is 11.1. The fourth-order valence-electron chi connectivity index (χ4n) is 2.39. The molecule has 0 fully saturated rings. The van der Waals surface area contributed by atoms with Gasteiger partial charge in [-0.25, -0.2) is 9.67 Å². The molecule has 0 aliphatic carbocycles. The Morgan fingerprint density at radius 3 is 2.91 bits per heavy atom. The van der Waals surface area contributed by atoms with Gasteiger partial charge in [0.1, 0.15) is 30.0 Å². The molecule has 2 heterocycles. The lowest BCUT2D eigenvalue weighted by molar-refractivity contribution is -0.119. The number of nitrogens with zero attached hydrogens (tertiary/aromatic N) is 4. The maximum absolute atomic E-state index is 12.5. The van der Waals surface area contributed by atoms with E-state index >= 15 is 0 Å². The molecular weight excluding hydrogens is 294 g/mol. The summed E-state index contributed by atoms with van der Waals surface area (Å²) in [4.78, 5) is 20.8. The fourth-order valence-corrected chi connectivity index (χ4v) is 2.39. The van der Waals surface area contributed by atoms with Crippen LogP contribution < -0.4 is 10.1 Å². The Kier molecular flexibility index (Phi) is 3.92. The van der Waals surface area contributed by atoms with Crippen LogP contribution in [0, 0.1) is 6.92 Å². The number of amides is 1. The van der Waals surface area contributed by atoms with Crippen molar-refractivity contribution < 1.29 is 9.53 Å². The van der Waals surface area contributed by atoms with Crippen LogP contribution in [0.2, 0.25) is 0 Å². The molecule has 1 amide bonds. The summed E-state index contributed by atoms with van der Waals surface area (Å²) in [5, 5.41) is 7.81. The van der Waals surface area contributed by atoms with Crippen molar-refractivity contribution in [1.29, 1.82) is 0 Å². The Hall–Kier alpha value is -2.96. The molecule has 0 aliphatic heterocycles. The second kappa shape index (κ2) is 6.04. The number of carbonyl (C=O) groups excluding carboxylic acids is 1. The zero-order valence-corrected chi connectivity index (χ0v) is 13.1. The van der Waals surface area contributed by atoms with Gasteiger partial charge in [0.2, 0.25) is 5.91 Å². The first kappa shape index (κ1) is 15.0. The topological polar surface area (TPSA) is 81.9 Å². The van der Waals surface area contributed by atoms with E-state index in [0.717, 1.165) is 16.6 Å². The molecule has 1 atom stereocenters. The van der Waals surface area contributed by atoms with Gasteiger partial charge in [0.05, 0.1) is 12.8 Å². The van der Waals surface area contributed by atoms with Gasteiger partial charge in [0.15, 0.2) is 0 Å². The largest absolute Gasteiger partial charge is 0.494 e. The van der Waals surface area contributed by atoms with Crippen molar-refractivity contribution in [2.75, 3.05) is 12.4 Å². The number of rotatable bonds is 4. The Morgan fingerprint density at radius 1 is 1.39 bits per heavy atom. The number of benzene rings is 1. The first-order valence-electron chi connectivity index (χ1n) is 7.19. The van der Waals surface area contributed by atoms with Crippen molar-refractivity contribution in [1.82, 2.24) is 19.7 Å². The molecule has 0 spiro atoms. The van der Waals surface area contributed by atoms with E-state index in [1.807, 2.05) is 25.1 Å². The minimum atomic E-state index is -0.467. The van der Waals surface area contributed by atoms with E-state index in [-0.39, 0.29) is 5.91 Å². The van der Waals surface area contributed by atoms with Crippen LogP contribution in [0.25, 0.3) is 10.9 Å². The number of methoxy groups -OCH3 is 1. The zero-order valence-electron chi connectivity index (χ0n) is 13.1. The van der Waals surface area contributed by atoms with Gasteiger partial charge in [0.25, 0.3) is 0 Å². The average Bonchev–Trinajstić information content (AvgIpc) is 3.10. The summed E-state index contributed by atoms with van der Waals surface area (Å²) in [6.45, 7) is 3.67. The van der Waals surface area contributed by atoms with Crippen LogP contribution in [0.5, 0.6) is 5.75 Å². The van der Waals surface area contributed by atoms with Gasteiger partial charge in [-0.3, -0.25) is 9.78 Å². The molecule has 7 heteroatoms. The van der Waals surface area contributed by atoms with Gasteiger partial charge in [-0.05, 0) is 25.5 Å². The number of fused-ring (bicyclic) bond motifs is 1. The summed E-state index contributed by atoms with van der Waals surface area (Å²) in [6, 6.07) is 5.16. The summed E-state index contributed by atoms with van der Waals surface area (Å²) in [5.74, 6) is 0.497. The van der Waals surface area contributed by atoms with Crippen LogP contribution in [0.15, 0.2) is 37.1 Å². The molecule has 3 aromatic rings. The summed E-state index contributed by atoms with van der Waals surface area (Å²) < 4.78 is 6.84. The standard InChI is InChI=1S/C16H17N5O2/c1-10-7-18-15-12(5-4-6-13(15)23-3)14(10)20-16(22)11(2)21-9-17-8-19-21/h4-9,11H,1-3H3,(H,18,20,22)/t11-/m0/s1. The van der Waals surface area contributed by atoms with Crippen molar-refractivity contribution in [3.63, 3.8) is 0 Å². The Labute approximate surface area is 133 Å². The highest BCUT2D eigenvalue weighted by Crippen LogP contribution is 2.31. The number of nitrogens with one attached hydrogen (secondary N) is 1. The first-order valence-corrected chi connectivity index (χ1v) is 7.19. The van der Waals surface area contributed by atoms with Crippen molar-refractivity contribution in [2.24, 2.45) is 0 Å². The van der Waals surface area contributed by atoms with E-state index in [0.29, 0.717) is 11.3 Å². The summed E-state index contributed by atoms with van der Waals surface area (Å²) in [7, 11) is 1.60. The number of para-hydroxylation sites is 1. The van der Waals surface area contributed by atoms with Crippen molar-refractivity contribution in [3.8, 4) is 5.75 Å². The summed E-state index contributed by atoms with van der Waals surface area (Å²) >= 11 is 0. The Balaban J connectivity index is 1.99. The van der Waals surface area contributed by atoms with Crippen LogP contribution in [0.3, 0.4) is 0 Å². The minimum absolute atomic E-state index is 0.172. The molecule has 0 saturated heterocycles. The van der Waals surface area contributed by atoms with E-state index in [9.17, 15) is 4.79 Å². The lowest BCUT2D eigenvalue weighted by Gasteiger charge is -2.16. The second-order valence-electron chi connectivity index (χ2n) is 5.21. The number of aromatic nitrogens is 4. The van der Waals surface area contributed by atoms with Gasteiger partial charge in [-0.1, -0.05) is 12.1 Å². The maximum atomic E-state index is 12.5. The highest BCUT2D eigenvalue weighted by molar-refractivity contribution is 6.04. The smallest absolute Gasteiger partial charge is 0.249 e. The Morgan fingerprint density at radius 2 is 2.22 bits per heavy atom. The third-order valence-electron chi connectivity index (χ3n) is 3.73. The molecule has 1 aromatic carbocycles. The molecule has 7 nitrogen and oxygen atoms in total. The van der Waals surface area contributed by atoms with Gasteiger partial charge < -0.3 is 10.1 Å². The number of carbonyl (C=O) groups is 1. The van der Waals surface area contributed by atoms with Crippen molar-refractivity contribution >= 4 is 22.5 Å². The van der Waals surface area contributed by atoms with E-state index in [1.165, 1.54) is 17.3 Å². The highest BCUT2D eigenvalue weighted by Gasteiger charge is 2.18. The number of anilines is 1. The molecule has 0 aliphatic rings. The Bertz CT molecular complexity index is 845. The van der Waals surface area contributed by atoms with Gasteiger partial charge in [-0.15, -0.1) is 0 Å². The number of pyridine rings is 1. The molecule has 0 radical (unpaired) electrons. The van der Waals surface area contributed by atoms with Crippen LogP contribution >= 0.6 is 0 Å².